The third-order valence-electron chi connectivity index (χ3n) is 3.17. The molecule has 0 aliphatic heterocycles. The zero-order valence-corrected chi connectivity index (χ0v) is 11.3. The molecular formula is C14H19N3O2. The number of aliphatic hydroxyl groups is 1. The smallest absolute Gasteiger partial charge is 0.243 e. The van der Waals surface area contributed by atoms with E-state index in [2.05, 4.69) is 42.2 Å². The fourth-order valence-electron chi connectivity index (χ4n) is 1.85. The van der Waals surface area contributed by atoms with Gasteiger partial charge in [0.1, 0.15) is 0 Å². The molecule has 0 amide bonds. The summed E-state index contributed by atoms with van der Waals surface area (Å²) in [4.78, 5) is 4.26. The molecule has 0 spiro atoms. The molecule has 102 valence electrons. The van der Waals surface area contributed by atoms with Crippen LogP contribution in [0, 0.1) is 13.8 Å². The summed E-state index contributed by atoms with van der Waals surface area (Å²) < 4.78 is 5.11. The minimum Gasteiger partial charge on any atom is -0.396 e. The Balaban J connectivity index is 2.09. The fraction of sp³-hybridized carbons (Fsp3) is 0.429. The highest BCUT2D eigenvalue weighted by Gasteiger charge is 2.14. The molecule has 0 saturated heterocycles. The summed E-state index contributed by atoms with van der Waals surface area (Å²) in [5.41, 5.74) is 9.46. The van der Waals surface area contributed by atoms with Crippen LogP contribution in [0.4, 0.5) is 0 Å². The minimum atomic E-state index is -0.397. The van der Waals surface area contributed by atoms with Gasteiger partial charge in [-0.3, -0.25) is 0 Å². The quantitative estimate of drug-likeness (QED) is 0.855. The van der Waals surface area contributed by atoms with E-state index in [-0.39, 0.29) is 6.61 Å². The van der Waals surface area contributed by atoms with Gasteiger partial charge >= 0.3 is 0 Å². The number of aromatic nitrogens is 2. The standard InChI is InChI=1S/C14H19N3O2/c1-9-3-4-11(7-10(9)2)8-13-16-14(19-17-13)12(15)5-6-18/h3-4,7,12,18H,5-6,8,15H2,1-2H3. The maximum absolute atomic E-state index is 8.83. The van der Waals surface area contributed by atoms with Crippen molar-refractivity contribution in [1.29, 1.82) is 0 Å². The van der Waals surface area contributed by atoms with Gasteiger partial charge < -0.3 is 15.4 Å². The lowest BCUT2D eigenvalue weighted by Gasteiger charge is -2.03. The van der Waals surface area contributed by atoms with E-state index in [1.165, 1.54) is 11.1 Å². The highest BCUT2D eigenvalue weighted by molar-refractivity contribution is 5.31. The molecule has 2 aromatic rings. The van der Waals surface area contributed by atoms with Gasteiger partial charge in [-0.05, 0) is 37.0 Å². The van der Waals surface area contributed by atoms with Gasteiger partial charge in [0.2, 0.25) is 5.89 Å². The zero-order chi connectivity index (χ0) is 13.8. The molecule has 5 nitrogen and oxygen atoms in total. The number of nitrogens with two attached hydrogens (primary N) is 1. The van der Waals surface area contributed by atoms with Gasteiger partial charge in [0.15, 0.2) is 5.82 Å². The Bertz CT molecular complexity index is 551. The summed E-state index contributed by atoms with van der Waals surface area (Å²) in [5, 5.41) is 12.7. The lowest BCUT2D eigenvalue weighted by Crippen LogP contribution is -2.12. The molecule has 0 bridgehead atoms. The average Bonchev–Trinajstić information content (AvgIpc) is 2.83. The van der Waals surface area contributed by atoms with Crippen LogP contribution >= 0.6 is 0 Å². The van der Waals surface area contributed by atoms with Gasteiger partial charge in [-0.1, -0.05) is 23.4 Å². The van der Waals surface area contributed by atoms with Gasteiger partial charge in [0.05, 0.1) is 6.04 Å². The summed E-state index contributed by atoms with van der Waals surface area (Å²) in [6.07, 6.45) is 1.04. The van der Waals surface area contributed by atoms with Crippen LogP contribution in [0.15, 0.2) is 22.7 Å². The van der Waals surface area contributed by atoms with Gasteiger partial charge in [-0.2, -0.15) is 4.98 Å². The summed E-state index contributed by atoms with van der Waals surface area (Å²) in [6.45, 7) is 4.17. The Kier molecular flexibility index (Phi) is 4.29. The molecule has 0 saturated carbocycles. The number of aliphatic hydroxyl groups excluding tert-OH is 1. The zero-order valence-electron chi connectivity index (χ0n) is 11.3. The number of nitrogens with zero attached hydrogens (tertiary/aromatic N) is 2. The molecule has 1 aromatic carbocycles. The van der Waals surface area contributed by atoms with E-state index in [4.69, 9.17) is 15.4 Å². The van der Waals surface area contributed by atoms with Crippen LogP contribution < -0.4 is 5.73 Å². The number of hydrogen-bond acceptors (Lipinski definition) is 5. The summed E-state index contributed by atoms with van der Waals surface area (Å²) in [6, 6.07) is 5.87. The molecule has 1 aromatic heterocycles. The van der Waals surface area contributed by atoms with E-state index in [0.29, 0.717) is 24.6 Å². The molecule has 1 atom stereocenters. The summed E-state index contributed by atoms with van der Waals surface area (Å²) in [7, 11) is 0. The largest absolute Gasteiger partial charge is 0.396 e. The Labute approximate surface area is 112 Å². The molecular weight excluding hydrogens is 242 g/mol. The first-order valence-corrected chi connectivity index (χ1v) is 6.35. The molecule has 0 aliphatic carbocycles. The third kappa shape index (κ3) is 3.39. The molecule has 3 N–H and O–H groups in total. The van der Waals surface area contributed by atoms with Crippen molar-refractivity contribution in [3.8, 4) is 0 Å². The Hall–Kier alpha value is -1.72. The average molecular weight is 261 g/mol. The van der Waals surface area contributed by atoms with E-state index in [9.17, 15) is 0 Å². The van der Waals surface area contributed by atoms with Gasteiger partial charge in [0.25, 0.3) is 0 Å². The maximum Gasteiger partial charge on any atom is 0.243 e. The molecule has 0 aliphatic rings. The van der Waals surface area contributed by atoms with Crippen LogP contribution in [0.25, 0.3) is 0 Å². The molecule has 1 unspecified atom stereocenters. The van der Waals surface area contributed by atoms with Crippen molar-refractivity contribution in [2.45, 2.75) is 32.7 Å². The van der Waals surface area contributed by atoms with Crippen molar-refractivity contribution in [2.24, 2.45) is 5.73 Å². The van der Waals surface area contributed by atoms with Crippen LogP contribution in [0.5, 0.6) is 0 Å². The van der Waals surface area contributed by atoms with E-state index in [1.807, 2.05) is 0 Å². The second kappa shape index (κ2) is 5.95. The van der Waals surface area contributed by atoms with Gasteiger partial charge in [-0.25, -0.2) is 0 Å². The number of benzene rings is 1. The number of hydrogen-bond donors (Lipinski definition) is 2. The third-order valence-corrected chi connectivity index (χ3v) is 3.17. The van der Waals surface area contributed by atoms with E-state index in [0.717, 1.165) is 5.56 Å². The topological polar surface area (TPSA) is 85.2 Å². The summed E-state index contributed by atoms with van der Waals surface area (Å²) in [5.74, 6) is 1.000. The van der Waals surface area contributed by atoms with Crippen molar-refractivity contribution in [1.82, 2.24) is 10.1 Å². The van der Waals surface area contributed by atoms with E-state index >= 15 is 0 Å². The molecule has 0 fully saturated rings. The molecule has 1 heterocycles. The van der Waals surface area contributed by atoms with Crippen LogP contribution in [-0.2, 0) is 6.42 Å². The first-order chi connectivity index (χ1) is 9.10. The molecule has 5 heteroatoms. The van der Waals surface area contributed by atoms with Gasteiger partial charge in [0, 0.05) is 13.0 Å². The van der Waals surface area contributed by atoms with Crippen LogP contribution in [0.2, 0.25) is 0 Å². The lowest BCUT2D eigenvalue weighted by molar-refractivity contribution is 0.259. The van der Waals surface area contributed by atoms with E-state index < -0.39 is 6.04 Å². The number of rotatable bonds is 5. The van der Waals surface area contributed by atoms with Crippen LogP contribution in [-0.4, -0.2) is 21.9 Å². The van der Waals surface area contributed by atoms with E-state index in [1.54, 1.807) is 0 Å². The van der Waals surface area contributed by atoms with Gasteiger partial charge in [-0.15, -0.1) is 0 Å². The summed E-state index contributed by atoms with van der Waals surface area (Å²) >= 11 is 0. The van der Waals surface area contributed by atoms with Crippen molar-refractivity contribution in [3.63, 3.8) is 0 Å². The second-order valence-corrected chi connectivity index (χ2v) is 4.76. The molecule has 0 radical (unpaired) electrons. The predicted octanol–water partition coefficient (Wildman–Crippen LogP) is 1.66. The van der Waals surface area contributed by atoms with Crippen LogP contribution in [0.3, 0.4) is 0 Å². The highest BCUT2D eigenvalue weighted by Crippen LogP contribution is 2.15. The second-order valence-electron chi connectivity index (χ2n) is 4.76. The highest BCUT2D eigenvalue weighted by atomic mass is 16.5. The Morgan fingerprint density at radius 3 is 2.79 bits per heavy atom. The fourth-order valence-corrected chi connectivity index (χ4v) is 1.85. The molecule has 2 rings (SSSR count). The maximum atomic E-state index is 8.83. The lowest BCUT2D eigenvalue weighted by atomic mass is 10.0. The Morgan fingerprint density at radius 1 is 1.32 bits per heavy atom. The monoisotopic (exact) mass is 261 g/mol. The SMILES string of the molecule is Cc1ccc(Cc2noc(C(N)CCO)n2)cc1C. The van der Waals surface area contributed by atoms with Crippen molar-refractivity contribution in [3.05, 3.63) is 46.6 Å². The first-order valence-electron chi connectivity index (χ1n) is 6.35. The molecule has 19 heavy (non-hydrogen) atoms. The normalized spacial score (nSPS) is 12.6. The van der Waals surface area contributed by atoms with Crippen molar-refractivity contribution >= 4 is 0 Å². The minimum absolute atomic E-state index is 0.00996. The first kappa shape index (κ1) is 13.7. The number of aryl methyl sites for hydroxylation is 2. The van der Waals surface area contributed by atoms with Crippen molar-refractivity contribution in [2.75, 3.05) is 6.61 Å². The van der Waals surface area contributed by atoms with Crippen molar-refractivity contribution < 1.29 is 9.63 Å². The van der Waals surface area contributed by atoms with Crippen LogP contribution in [0.1, 0.15) is 40.9 Å². The Morgan fingerprint density at radius 2 is 2.11 bits per heavy atom. The predicted molar refractivity (Wildman–Crippen MR) is 71.7 cm³/mol.